The second-order valence-electron chi connectivity index (χ2n) is 19.8. The Labute approximate surface area is 381 Å². The number of carbonyl (C=O) groups is 5. The molecule has 3 aliphatic heterocycles. The zero-order chi connectivity index (χ0) is 47.5. The Kier molecular flexibility index (Phi) is 20.6. The number of allylic oxidation sites excluding steroid dienone is 5. The molecule has 4 N–H and O–H groups in total. The van der Waals surface area contributed by atoms with E-state index in [1.54, 1.807) is 41.9 Å². The maximum Gasteiger partial charge on any atom is 0.329 e. The van der Waals surface area contributed by atoms with Gasteiger partial charge in [0, 0.05) is 51.4 Å². The van der Waals surface area contributed by atoms with Gasteiger partial charge in [0.1, 0.15) is 30.1 Å². The summed E-state index contributed by atoms with van der Waals surface area (Å²) in [5.74, 6) is -8.44. The second kappa shape index (κ2) is 24.6. The Balaban J connectivity index is 1.67. The standard InChI is InChI=1S/C50H79NO13/c1-29-15-11-10-12-16-30(2)41(61-8)27-37-20-18-35(7)50(60,64-37)47(57)48(58)51-22-14-13-17-38(51)49(59)63-42(32(4)25-36-19-21-39(52)43(26-36)62-9)28-40(53)31(3)24-34(6)45(55)46(56)44(54)33(5)23-29/h10-12,15,24,29-33,35-39,41-43,45-46,52,55-56,60H,13-14,16-23,25-28H2,1-9H3/b12-10+,15-11+,34-24+/t29-,30?,31-,32-,33-,35-,36+,37+,38+,39-,41+,42+,43-,45-,46+,50-/m1/s1. The first-order valence-electron chi connectivity index (χ1n) is 23.9. The highest BCUT2D eigenvalue weighted by molar-refractivity contribution is 6.39. The highest BCUT2D eigenvalue weighted by Crippen LogP contribution is 2.38. The molecule has 0 radical (unpaired) electrons. The van der Waals surface area contributed by atoms with Crippen molar-refractivity contribution in [1.29, 1.82) is 0 Å². The summed E-state index contributed by atoms with van der Waals surface area (Å²) in [4.78, 5) is 71.2. The Morgan fingerprint density at radius 1 is 0.859 bits per heavy atom. The second-order valence-corrected chi connectivity index (χ2v) is 19.8. The molecule has 0 aromatic heterocycles. The maximum absolute atomic E-state index is 14.3. The first-order valence-corrected chi connectivity index (χ1v) is 23.9. The third-order valence-electron chi connectivity index (χ3n) is 14.6. The first-order chi connectivity index (χ1) is 30.2. The number of amides is 1. The summed E-state index contributed by atoms with van der Waals surface area (Å²) in [5.41, 5.74) is 0.249. The van der Waals surface area contributed by atoms with Gasteiger partial charge in [0.25, 0.3) is 11.7 Å². The summed E-state index contributed by atoms with van der Waals surface area (Å²) < 4.78 is 23.8. The molecule has 362 valence electrons. The third-order valence-corrected chi connectivity index (χ3v) is 14.6. The molecule has 0 aromatic rings. The number of aliphatic hydroxyl groups is 4. The average molecular weight is 902 g/mol. The van der Waals surface area contributed by atoms with Gasteiger partial charge in [0.2, 0.25) is 5.79 Å². The zero-order valence-electron chi connectivity index (χ0n) is 39.9. The molecule has 4 aliphatic rings. The molecule has 1 aliphatic carbocycles. The largest absolute Gasteiger partial charge is 0.460 e. The number of rotatable bonds is 5. The number of nitrogens with zero attached hydrogens (tertiary/aromatic N) is 1. The molecule has 4 rings (SSSR count). The van der Waals surface area contributed by atoms with Gasteiger partial charge in [-0.2, -0.15) is 0 Å². The smallest absolute Gasteiger partial charge is 0.329 e. The molecule has 14 nitrogen and oxygen atoms in total. The van der Waals surface area contributed by atoms with Crippen LogP contribution in [0.4, 0.5) is 0 Å². The van der Waals surface area contributed by atoms with Crippen molar-refractivity contribution < 1.29 is 63.3 Å². The summed E-state index contributed by atoms with van der Waals surface area (Å²) >= 11 is 0. The number of esters is 1. The predicted octanol–water partition coefficient (Wildman–Crippen LogP) is 5.61. The molecular formula is C50H79NO13. The SMILES string of the molecule is CO[C@H]1C[C@@H]2CC[C@@H](C)[C@@](O)(O2)C(=O)C(=O)N2CCCC[C@H]2C(=O)O[C@H]([C@H](C)C[C@@H]2CC[C@@H](O)[C@H](OC)C2)CC(=O)[C@H](C)/C=C(\C)[C@@H](O)[C@@H](O)C(=O)[C@H](C)C[C@H](C)/C=C/C=C/CC1C. The average Bonchev–Trinajstić information content (AvgIpc) is 3.27. The fraction of sp³-hybridized carbons (Fsp3) is 0.780. The normalized spacial score (nSPS) is 41.3. The van der Waals surface area contributed by atoms with Crippen LogP contribution in [0.5, 0.6) is 0 Å². The van der Waals surface area contributed by atoms with Crippen molar-refractivity contribution in [3.8, 4) is 0 Å². The van der Waals surface area contributed by atoms with Crippen molar-refractivity contribution in [1.82, 2.24) is 4.90 Å². The maximum atomic E-state index is 14.3. The number of fused-ring (bicyclic) bond motifs is 3. The van der Waals surface area contributed by atoms with Crippen LogP contribution >= 0.6 is 0 Å². The van der Waals surface area contributed by atoms with Gasteiger partial charge in [-0.3, -0.25) is 19.2 Å². The van der Waals surface area contributed by atoms with Gasteiger partial charge in [-0.1, -0.05) is 71.9 Å². The van der Waals surface area contributed by atoms with Crippen molar-refractivity contribution >= 4 is 29.2 Å². The Hall–Kier alpha value is -3.11. The summed E-state index contributed by atoms with van der Waals surface area (Å²) in [6.45, 7) is 12.6. The minimum absolute atomic E-state index is 0.0158. The molecule has 64 heavy (non-hydrogen) atoms. The van der Waals surface area contributed by atoms with E-state index in [-0.39, 0.29) is 66.6 Å². The number of methoxy groups -OCH3 is 2. The number of piperidine rings is 1. The van der Waals surface area contributed by atoms with Gasteiger partial charge in [0.05, 0.1) is 24.4 Å². The van der Waals surface area contributed by atoms with E-state index < -0.39 is 83.5 Å². The quantitative estimate of drug-likeness (QED) is 0.151. The lowest BCUT2D eigenvalue weighted by Crippen LogP contribution is -2.61. The van der Waals surface area contributed by atoms with Crippen LogP contribution in [-0.2, 0) is 42.9 Å². The van der Waals surface area contributed by atoms with E-state index in [1.807, 2.05) is 45.1 Å². The highest BCUT2D eigenvalue weighted by atomic mass is 16.6. The number of carbonyl (C=O) groups excluding carboxylic acids is 5. The number of ether oxygens (including phenoxy) is 4. The number of ketones is 3. The molecule has 3 fully saturated rings. The van der Waals surface area contributed by atoms with Crippen molar-refractivity contribution in [2.45, 2.75) is 186 Å². The summed E-state index contributed by atoms with van der Waals surface area (Å²) in [6, 6.07) is -1.15. The summed E-state index contributed by atoms with van der Waals surface area (Å²) in [7, 11) is 3.16. The van der Waals surface area contributed by atoms with E-state index in [0.29, 0.717) is 70.6 Å². The summed E-state index contributed by atoms with van der Waals surface area (Å²) in [5, 5.41) is 44.5. The molecule has 16 atom stereocenters. The number of Topliss-reactive ketones (excluding diaryl/α,β-unsaturated/α-hetero) is 3. The van der Waals surface area contributed by atoms with Crippen molar-refractivity contribution in [2.24, 2.45) is 41.4 Å². The zero-order valence-corrected chi connectivity index (χ0v) is 39.9. The molecule has 1 unspecified atom stereocenters. The van der Waals surface area contributed by atoms with Gasteiger partial charge in [0.15, 0.2) is 5.78 Å². The molecule has 1 saturated carbocycles. The topological polar surface area (TPSA) is 206 Å². The van der Waals surface area contributed by atoms with Crippen molar-refractivity contribution in [3.05, 3.63) is 36.0 Å². The highest BCUT2D eigenvalue weighted by Gasteiger charge is 2.53. The molecule has 0 aromatic carbocycles. The minimum Gasteiger partial charge on any atom is -0.460 e. The van der Waals surface area contributed by atoms with Crippen LogP contribution in [0.2, 0.25) is 0 Å². The van der Waals surface area contributed by atoms with E-state index >= 15 is 0 Å². The lowest BCUT2D eigenvalue weighted by molar-refractivity contribution is -0.267. The fourth-order valence-electron chi connectivity index (χ4n) is 10.2. The van der Waals surface area contributed by atoms with Crippen LogP contribution in [0.15, 0.2) is 36.0 Å². The minimum atomic E-state index is -2.42. The predicted molar refractivity (Wildman–Crippen MR) is 240 cm³/mol. The van der Waals surface area contributed by atoms with Crippen LogP contribution in [0.1, 0.15) is 132 Å². The van der Waals surface area contributed by atoms with E-state index in [0.717, 1.165) is 0 Å². The third kappa shape index (κ3) is 14.0. The van der Waals surface area contributed by atoms with Crippen LogP contribution in [-0.4, -0.2) is 130 Å². The van der Waals surface area contributed by atoms with Crippen molar-refractivity contribution in [2.75, 3.05) is 20.8 Å². The van der Waals surface area contributed by atoms with Gasteiger partial charge in [-0.05, 0) is 107 Å². The van der Waals surface area contributed by atoms with E-state index in [1.165, 1.54) is 11.0 Å². The fourth-order valence-corrected chi connectivity index (χ4v) is 10.2. The van der Waals surface area contributed by atoms with Gasteiger partial charge < -0.3 is 44.3 Å². The molecule has 3 heterocycles. The van der Waals surface area contributed by atoms with Gasteiger partial charge in [-0.25, -0.2) is 4.79 Å². The molecule has 2 bridgehead atoms. The van der Waals surface area contributed by atoms with Crippen molar-refractivity contribution in [3.63, 3.8) is 0 Å². The van der Waals surface area contributed by atoms with E-state index in [4.69, 9.17) is 18.9 Å². The van der Waals surface area contributed by atoms with E-state index in [2.05, 4.69) is 0 Å². The molecular weight excluding hydrogens is 823 g/mol. The van der Waals surface area contributed by atoms with Crippen LogP contribution < -0.4 is 0 Å². The Morgan fingerprint density at radius 2 is 1.56 bits per heavy atom. The van der Waals surface area contributed by atoms with Gasteiger partial charge >= 0.3 is 5.97 Å². The van der Waals surface area contributed by atoms with Crippen LogP contribution in [0.25, 0.3) is 0 Å². The number of hydrogen-bond donors (Lipinski definition) is 4. The Morgan fingerprint density at radius 3 is 2.25 bits per heavy atom. The molecule has 2 saturated heterocycles. The molecule has 1 amide bonds. The lowest BCUT2D eigenvalue weighted by atomic mass is 9.78. The van der Waals surface area contributed by atoms with Gasteiger partial charge in [-0.15, -0.1) is 0 Å². The van der Waals surface area contributed by atoms with Crippen LogP contribution in [0, 0.1) is 41.4 Å². The monoisotopic (exact) mass is 902 g/mol. The summed E-state index contributed by atoms with van der Waals surface area (Å²) in [6.07, 6.45) is 9.29. The number of hydrogen-bond acceptors (Lipinski definition) is 13. The Bertz CT molecular complexity index is 1680. The van der Waals surface area contributed by atoms with Crippen LogP contribution in [0.3, 0.4) is 0 Å². The van der Waals surface area contributed by atoms with E-state index in [9.17, 15) is 44.4 Å². The number of aliphatic hydroxyl groups excluding tert-OH is 3. The molecule has 0 spiro atoms. The molecule has 14 heteroatoms. The lowest BCUT2D eigenvalue weighted by Gasteiger charge is -2.43. The first kappa shape index (κ1) is 53.5. The number of cyclic esters (lactones) is 1.